The molecule has 4 nitrogen and oxygen atoms in total. The second-order valence-corrected chi connectivity index (χ2v) is 5.39. The van der Waals surface area contributed by atoms with Gasteiger partial charge in [0.15, 0.2) is 0 Å². The summed E-state index contributed by atoms with van der Waals surface area (Å²) >= 11 is 9.65. The molecular weight excluding hydrogens is 316 g/mol. The molecule has 2 aromatic heterocycles. The zero-order chi connectivity index (χ0) is 12.9. The first-order valence-corrected chi connectivity index (χ1v) is 6.76. The fourth-order valence-electron chi connectivity index (χ4n) is 2.21. The third-order valence-corrected chi connectivity index (χ3v) is 4.13. The summed E-state index contributed by atoms with van der Waals surface area (Å²) in [7, 11) is 3.94. The quantitative estimate of drug-likeness (QED) is 0.785. The Labute approximate surface area is 118 Å². The number of aryl methyl sites for hydroxylation is 1. The Hall–Kier alpha value is -1.04. The van der Waals surface area contributed by atoms with E-state index in [2.05, 4.69) is 35.2 Å². The van der Waals surface area contributed by atoms with Crippen LogP contribution in [0.25, 0.3) is 16.8 Å². The lowest BCUT2D eigenvalue weighted by atomic mass is 10.3. The van der Waals surface area contributed by atoms with E-state index in [4.69, 9.17) is 11.6 Å². The van der Waals surface area contributed by atoms with E-state index >= 15 is 0 Å². The highest BCUT2D eigenvalue weighted by Crippen LogP contribution is 2.28. The van der Waals surface area contributed by atoms with E-state index in [9.17, 15) is 0 Å². The van der Waals surface area contributed by atoms with Crippen molar-refractivity contribution in [3.8, 4) is 0 Å². The zero-order valence-electron chi connectivity index (χ0n) is 10.0. The van der Waals surface area contributed by atoms with Crippen molar-refractivity contribution in [2.45, 2.75) is 6.54 Å². The molecule has 0 aliphatic rings. The third-order valence-electron chi connectivity index (χ3n) is 3.08. The van der Waals surface area contributed by atoms with Gasteiger partial charge in [0, 0.05) is 18.6 Å². The summed E-state index contributed by atoms with van der Waals surface area (Å²) in [6.07, 6.45) is 0. The molecule has 0 amide bonds. The number of rotatable bonds is 2. The Morgan fingerprint density at radius 1 is 1.44 bits per heavy atom. The first kappa shape index (κ1) is 12.0. The number of aromatic nitrogens is 3. The molecular formula is C12H12BrClN4. The second kappa shape index (κ2) is 4.26. The van der Waals surface area contributed by atoms with Crippen LogP contribution in [0.5, 0.6) is 0 Å². The lowest BCUT2D eigenvalue weighted by Crippen LogP contribution is -2.09. The summed E-state index contributed by atoms with van der Waals surface area (Å²) in [4.78, 5) is 4.62. The van der Waals surface area contributed by atoms with Gasteiger partial charge in [0.1, 0.15) is 4.60 Å². The molecule has 3 aromatic rings. The van der Waals surface area contributed by atoms with Gasteiger partial charge in [-0.15, -0.1) is 0 Å². The Morgan fingerprint density at radius 3 is 2.94 bits per heavy atom. The van der Waals surface area contributed by atoms with Gasteiger partial charge in [-0.3, -0.25) is 4.40 Å². The molecule has 1 N–H and O–H groups in total. The fourth-order valence-corrected chi connectivity index (χ4v) is 3.13. The summed E-state index contributed by atoms with van der Waals surface area (Å²) in [5.41, 5.74) is 3.13. The molecule has 0 bridgehead atoms. The topological polar surface area (TPSA) is 34.3 Å². The van der Waals surface area contributed by atoms with Crippen LogP contribution in [0.2, 0.25) is 5.02 Å². The van der Waals surface area contributed by atoms with Gasteiger partial charge in [-0.25, -0.2) is 4.98 Å². The van der Waals surface area contributed by atoms with Crippen LogP contribution in [-0.2, 0) is 13.6 Å². The number of benzene rings is 1. The SMILES string of the molecule is CNCc1c(Br)n2c3ccc(Cl)cc3nc2n1C. The fraction of sp³-hybridized carbons (Fsp3) is 0.250. The van der Waals surface area contributed by atoms with Gasteiger partial charge in [0.2, 0.25) is 5.78 Å². The van der Waals surface area contributed by atoms with Gasteiger partial charge in [0.05, 0.1) is 16.7 Å². The van der Waals surface area contributed by atoms with Crippen LogP contribution in [0.15, 0.2) is 22.8 Å². The molecule has 1 aromatic carbocycles. The lowest BCUT2D eigenvalue weighted by molar-refractivity contribution is 0.738. The minimum atomic E-state index is 0.706. The zero-order valence-corrected chi connectivity index (χ0v) is 12.4. The smallest absolute Gasteiger partial charge is 0.215 e. The van der Waals surface area contributed by atoms with Crippen molar-refractivity contribution in [1.82, 2.24) is 19.3 Å². The molecule has 0 fully saturated rings. The van der Waals surface area contributed by atoms with E-state index in [1.165, 1.54) is 0 Å². The predicted molar refractivity (Wildman–Crippen MR) is 77.1 cm³/mol. The molecule has 18 heavy (non-hydrogen) atoms. The monoisotopic (exact) mass is 326 g/mol. The lowest BCUT2D eigenvalue weighted by Gasteiger charge is -2.01. The van der Waals surface area contributed by atoms with E-state index in [1.807, 2.05) is 32.3 Å². The summed E-state index contributed by atoms with van der Waals surface area (Å²) in [5, 5.41) is 3.87. The van der Waals surface area contributed by atoms with Crippen molar-refractivity contribution < 1.29 is 0 Å². The highest BCUT2D eigenvalue weighted by molar-refractivity contribution is 9.10. The maximum atomic E-state index is 6.00. The molecule has 94 valence electrons. The third kappa shape index (κ3) is 1.58. The minimum Gasteiger partial charge on any atom is -0.315 e. The number of fused-ring (bicyclic) bond motifs is 3. The van der Waals surface area contributed by atoms with Gasteiger partial charge < -0.3 is 9.88 Å². The number of hydrogen-bond acceptors (Lipinski definition) is 2. The van der Waals surface area contributed by atoms with E-state index in [1.54, 1.807) is 0 Å². The van der Waals surface area contributed by atoms with Crippen molar-refractivity contribution in [1.29, 1.82) is 0 Å². The predicted octanol–water partition coefficient (Wildman–Crippen LogP) is 2.96. The number of imidazole rings is 2. The van der Waals surface area contributed by atoms with Crippen molar-refractivity contribution in [2.75, 3.05) is 7.05 Å². The molecule has 0 aliphatic heterocycles. The van der Waals surface area contributed by atoms with Crippen LogP contribution in [0.3, 0.4) is 0 Å². The number of hydrogen-bond donors (Lipinski definition) is 1. The standard InChI is InChI=1S/C12H12BrClN4/c1-15-6-10-11(13)18-9-4-3-7(14)5-8(9)16-12(18)17(10)2/h3-5,15H,6H2,1-2H3. The number of nitrogens with one attached hydrogen (secondary N) is 1. The Kier molecular flexibility index (Phi) is 2.84. The Bertz CT molecular complexity index is 744. The molecule has 6 heteroatoms. The Morgan fingerprint density at radius 2 is 2.22 bits per heavy atom. The van der Waals surface area contributed by atoms with E-state index in [0.717, 1.165) is 33.7 Å². The second-order valence-electron chi connectivity index (χ2n) is 4.21. The van der Waals surface area contributed by atoms with Crippen LogP contribution in [0.1, 0.15) is 5.69 Å². The molecule has 3 rings (SSSR count). The van der Waals surface area contributed by atoms with Gasteiger partial charge in [-0.05, 0) is 41.2 Å². The van der Waals surface area contributed by atoms with E-state index in [0.29, 0.717) is 5.02 Å². The largest absolute Gasteiger partial charge is 0.315 e. The maximum Gasteiger partial charge on any atom is 0.215 e. The summed E-state index contributed by atoms with van der Waals surface area (Å²) in [6, 6.07) is 5.76. The molecule has 0 spiro atoms. The molecule has 0 aliphatic carbocycles. The average Bonchev–Trinajstić information content (AvgIpc) is 2.81. The highest BCUT2D eigenvalue weighted by Gasteiger charge is 2.16. The van der Waals surface area contributed by atoms with Crippen LogP contribution in [0.4, 0.5) is 0 Å². The van der Waals surface area contributed by atoms with Gasteiger partial charge in [-0.2, -0.15) is 0 Å². The minimum absolute atomic E-state index is 0.706. The van der Waals surface area contributed by atoms with Crippen molar-refractivity contribution >= 4 is 44.3 Å². The van der Waals surface area contributed by atoms with Gasteiger partial charge in [-0.1, -0.05) is 11.6 Å². The molecule has 0 unspecified atom stereocenters. The molecule has 0 saturated heterocycles. The van der Waals surface area contributed by atoms with Crippen molar-refractivity contribution in [2.24, 2.45) is 7.05 Å². The average molecular weight is 328 g/mol. The molecule has 0 radical (unpaired) electrons. The summed E-state index contributed by atoms with van der Waals surface area (Å²) < 4.78 is 5.20. The van der Waals surface area contributed by atoms with Crippen LogP contribution >= 0.6 is 27.5 Å². The molecule has 0 atom stereocenters. The molecule has 2 heterocycles. The maximum absolute atomic E-state index is 6.00. The summed E-state index contributed by atoms with van der Waals surface area (Å²) in [6.45, 7) is 0.787. The van der Waals surface area contributed by atoms with Crippen molar-refractivity contribution in [3.63, 3.8) is 0 Å². The van der Waals surface area contributed by atoms with Crippen LogP contribution in [-0.4, -0.2) is 21.0 Å². The highest BCUT2D eigenvalue weighted by atomic mass is 79.9. The van der Waals surface area contributed by atoms with Crippen LogP contribution < -0.4 is 5.32 Å². The van der Waals surface area contributed by atoms with Gasteiger partial charge in [0.25, 0.3) is 0 Å². The van der Waals surface area contributed by atoms with Crippen molar-refractivity contribution in [3.05, 3.63) is 33.5 Å². The van der Waals surface area contributed by atoms with Crippen LogP contribution in [0, 0.1) is 0 Å². The van der Waals surface area contributed by atoms with Gasteiger partial charge >= 0.3 is 0 Å². The normalized spacial score (nSPS) is 11.8. The van der Waals surface area contributed by atoms with E-state index in [-0.39, 0.29) is 0 Å². The van der Waals surface area contributed by atoms with E-state index < -0.39 is 0 Å². The molecule has 0 saturated carbocycles. The Balaban J connectivity index is 2.41. The first-order valence-electron chi connectivity index (χ1n) is 5.59. The number of halogens is 2. The first-order chi connectivity index (χ1) is 8.63. The number of nitrogens with zero attached hydrogens (tertiary/aromatic N) is 3. The summed E-state index contributed by atoms with van der Waals surface area (Å²) in [5.74, 6) is 0.907.